The molecule has 0 spiro atoms. The molecule has 0 radical (unpaired) electrons. The summed E-state index contributed by atoms with van der Waals surface area (Å²) in [6.07, 6.45) is 0. The first-order chi connectivity index (χ1) is 14.6. The Bertz CT molecular complexity index is 1250. The molecule has 0 unspecified atom stereocenters. The van der Waals surface area contributed by atoms with E-state index in [0.29, 0.717) is 33.8 Å². The number of carbonyl (C=O) groups excluding carboxylic acids is 1. The monoisotopic (exact) mass is 461 g/mol. The first-order valence-electron chi connectivity index (χ1n) is 9.79. The van der Waals surface area contributed by atoms with E-state index < -0.39 is 16.5 Å². The number of halogens is 1. The summed E-state index contributed by atoms with van der Waals surface area (Å²) < 4.78 is 2.56. The number of amides is 1. The zero-order chi connectivity index (χ0) is 22.9. The molecule has 0 aliphatic carbocycles. The Morgan fingerprint density at radius 3 is 2.42 bits per heavy atom. The first-order valence-corrected chi connectivity index (χ1v) is 11.1. The number of carbonyl (C=O) groups is 1. The van der Waals surface area contributed by atoms with Gasteiger partial charge in [-0.15, -0.1) is 0 Å². The molecule has 8 nitrogen and oxygen atoms in total. The number of aryl methyl sites for hydroxylation is 1. The van der Waals surface area contributed by atoms with Gasteiger partial charge < -0.3 is 5.32 Å². The van der Waals surface area contributed by atoms with Crippen molar-refractivity contribution in [2.45, 2.75) is 44.5 Å². The molecule has 10 heteroatoms. The fourth-order valence-corrected chi connectivity index (χ4v) is 4.16. The Hall–Kier alpha value is -2.65. The SMILES string of the molecule is Cc1nc(S[C@@H](C)C(=O)Nc2ccc(Cl)cc2)c2c(=O)n(C)c(=O)n(CC(C)C)c2n1. The predicted molar refractivity (Wildman–Crippen MR) is 124 cm³/mol. The quantitative estimate of drug-likeness (QED) is 0.447. The number of anilines is 1. The van der Waals surface area contributed by atoms with Crippen molar-refractivity contribution in [3.8, 4) is 0 Å². The van der Waals surface area contributed by atoms with Crippen molar-refractivity contribution in [1.29, 1.82) is 0 Å². The summed E-state index contributed by atoms with van der Waals surface area (Å²) in [6, 6.07) is 6.80. The second kappa shape index (κ2) is 9.23. The maximum Gasteiger partial charge on any atom is 0.332 e. The van der Waals surface area contributed by atoms with Crippen molar-refractivity contribution in [2.24, 2.45) is 13.0 Å². The Morgan fingerprint density at radius 1 is 1.16 bits per heavy atom. The average molecular weight is 462 g/mol. The third-order valence-electron chi connectivity index (χ3n) is 4.58. The topological polar surface area (TPSA) is 98.9 Å². The van der Waals surface area contributed by atoms with Gasteiger partial charge in [0.2, 0.25) is 5.91 Å². The summed E-state index contributed by atoms with van der Waals surface area (Å²) in [4.78, 5) is 47.1. The molecule has 1 N–H and O–H groups in total. The summed E-state index contributed by atoms with van der Waals surface area (Å²) in [7, 11) is 1.44. The van der Waals surface area contributed by atoms with E-state index in [1.807, 2.05) is 13.8 Å². The molecule has 3 rings (SSSR count). The summed E-state index contributed by atoms with van der Waals surface area (Å²) in [6.45, 7) is 7.81. The molecule has 1 aromatic carbocycles. The third kappa shape index (κ3) is 4.99. The van der Waals surface area contributed by atoms with E-state index in [9.17, 15) is 14.4 Å². The van der Waals surface area contributed by atoms with Crippen LogP contribution in [0, 0.1) is 12.8 Å². The number of nitrogens with zero attached hydrogens (tertiary/aromatic N) is 4. The van der Waals surface area contributed by atoms with E-state index in [-0.39, 0.29) is 17.2 Å². The van der Waals surface area contributed by atoms with Crippen LogP contribution in [-0.4, -0.2) is 30.3 Å². The number of rotatable bonds is 6. The highest BCUT2D eigenvalue weighted by Gasteiger charge is 2.22. The third-order valence-corrected chi connectivity index (χ3v) is 5.92. The van der Waals surface area contributed by atoms with Gasteiger partial charge in [0.1, 0.15) is 16.2 Å². The van der Waals surface area contributed by atoms with Gasteiger partial charge in [0.05, 0.1) is 5.25 Å². The van der Waals surface area contributed by atoms with Gasteiger partial charge in [-0.1, -0.05) is 37.2 Å². The minimum Gasteiger partial charge on any atom is -0.325 e. The number of aromatic nitrogens is 4. The van der Waals surface area contributed by atoms with Crippen molar-refractivity contribution in [2.75, 3.05) is 5.32 Å². The maximum atomic E-state index is 12.9. The minimum absolute atomic E-state index is 0.175. The minimum atomic E-state index is -0.552. The number of hydrogen-bond acceptors (Lipinski definition) is 6. The van der Waals surface area contributed by atoms with Gasteiger partial charge in [-0.05, 0) is 44.0 Å². The van der Waals surface area contributed by atoms with Crippen LogP contribution in [0.25, 0.3) is 11.0 Å². The van der Waals surface area contributed by atoms with E-state index in [4.69, 9.17) is 11.6 Å². The highest BCUT2D eigenvalue weighted by Crippen LogP contribution is 2.27. The maximum absolute atomic E-state index is 12.9. The van der Waals surface area contributed by atoms with Crippen LogP contribution >= 0.6 is 23.4 Å². The number of benzene rings is 1. The van der Waals surface area contributed by atoms with Crippen LogP contribution in [0.5, 0.6) is 0 Å². The fourth-order valence-electron chi connectivity index (χ4n) is 3.05. The second-order valence-electron chi connectivity index (χ2n) is 7.68. The molecule has 0 aliphatic heterocycles. The normalized spacial score (nSPS) is 12.4. The molecule has 0 aliphatic rings. The molecule has 31 heavy (non-hydrogen) atoms. The van der Waals surface area contributed by atoms with Gasteiger partial charge in [-0.25, -0.2) is 14.8 Å². The van der Waals surface area contributed by atoms with Crippen molar-refractivity contribution in [1.82, 2.24) is 19.1 Å². The molecular formula is C21H24ClN5O3S. The standard InChI is InChI=1S/C21H24ClN5O3S/c1-11(2)10-27-17-16(20(29)26(5)21(27)30)19(24-13(4)23-17)31-12(3)18(28)25-15-8-6-14(22)7-9-15/h6-9,11-12H,10H2,1-5H3,(H,25,28)/t12-/m0/s1. The highest BCUT2D eigenvalue weighted by molar-refractivity contribution is 8.00. The second-order valence-corrected chi connectivity index (χ2v) is 9.45. The molecule has 1 amide bonds. The Morgan fingerprint density at radius 2 is 1.81 bits per heavy atom. The van der Waals surface area contributed by atoms with E-state index >= 15 is 0 Å². The number of fused-ring (bicyclic) bond motifs is 1. The smallest absolute Gasteiger partial charge is 0.325 e. The summed E-state index contributed by atoms with van der Waals surface area (Å²) in [5.41, 5.74) is 0.0102. The molecule has 2 aromatic heterocycles. The van der Waals surface area contributed by atoms with E-state index in [1.165, 1.54) is 11.6 Å². The van der Waals surface area contributed by atoms with Crippen LogP contribution in [0.4, 0.5) is 5.69 Å². The van der Waals surface area contributed by atoms with Crippen LogP contribution in [0.2, 0.25) is 5.02 Å². The van der Waals surface area contributed by atoms with Crippen LogP contribution in [0.1, 0.15) is 26.6 Å². The van der Waals surface area contributed by atoms with Gasteiger partial charge in [-0.2, -0.15) is 0 Å². The molecule has 2 heterocycles. The van der Waals surface area contributed by atoms with Gasteiger partial charge in [-0.3, -0.25) is 18.7 Å². The largest absolute Gasteiger partial charge is 0.332 e. The summed E-state index contributed by atoms with van der Waals surface area (Å²) in [5, 5.41) is 3.46. The average Bonchev–Trinajstić information content (AvgIpc) is 2.70. The molecule has 3 aromatic rings. The molecule has 1 atom stereocenters. The lowest BCUT2D eigenvalue weighted by molar-refractivity contribution is -0.115. The summed E-state index contributed by atoms with van der Waals surface area (Å²) in [5.74, 6) is 0.350. The van der Waals surface area contributed by atoms with E-state index in [2.05, 4.69) is 15.3 Å². The molecule has 0 saturated heterocycles. The van der Waals surface area contributed by atoms with Gasteiger partial charge in [0.15, 0.2) is 5.65 Å². The van der Waals surface area contributed by atoms with Crippen LogP contribution in [-0.2, 0) is 18.4 Å². The summed E-state index contributed by atoms with van der Waals surface area (Å²) >= 11 is 7.04. The molecule has 0 fully saturated rings. The Balaban J connectivity index is 2.02. The molecule has 164 valence electrons. The van der Waals surface area contributed by atoms with Crippen LogP contribution in [0.15, 0.2) is 38.9 Å². The molecule has 0 bridgehead atoms. The predicted octanol–water partition coefficient (Wildman–Crippen LogP) is 3.23. The van der Waals surface area contributed by atoms with Crippen molar-refractivity contribution in [3.63, 3.8) is 0 Å². The Labute approximate surface area is 188 Å². The van der Waals surface area contributed by atoms with Crippen LogP contribution < -0.4 is 16.6 Å². The van der Waals surface area contributed by atoms with Crippen molar-refractivity contribution >= 4 is 46.0 Å². The molecule has 0 saturated carbocycles. The van der Waals surface area contributed by atoms with E-state index in [1.54, 1.807) is 38.1 Å². The van der Waals surface area contributed by atoms with Crippen molar-refractivity contribution < 1.29 is 4.79 Å². The van der Waals surface area contributed by atoms with Crippen LogP contribution in [0.3, 0.4) is 0 Å². The first kappa shape index (κ1) is 23.0. The lowest BCUT2D eigenvalue weighted by Gasteiger charge is -2.16. The van der Waals surface area contributed by atoms with Gasteiger partial charge >= 0.3 is 5.69 Å². The van der Waals surface area contributed by atoms with E-state index in [0.717, 1.165) is 16.3 Å². The lowest BCUT2D eigenvalue weighted by atomic mass is 10.2. The van der Waals surface area contributed by atoms with Crippen molar-refractivity contribution in [3.05, 3.63) is 56.0 Å². The fraction of sp³-hybridized carbons (Fsp3) is 0.381. The Kier molecular flexibility index (Phi) is 6.86. The lowest BCUT2D eigenvalue weighted by Crippen LogP contribution is -2.39. The zero-order valence-electron chi connectivity index (χ0n) is 18.0. The zero-order valence-corrected chi connectivity index (χ0v) is 19.5. The highest BCUT2D eigenvalue weighted by atomic mass is 35.5. The number of thioether (sulfide) groups is 1. The van der Waals surface area contributed by atoms with Gasteiger partial charge in [0.25, 0.3) is 5.56 Å². The molecular weight excluding hydrogens is 438 g/mol. The number of hydrogen-bond donors (Lipinski definition) is 1. The number of nitrogens with one attached hydrogen (secondary N) is 1. The van der Waals surface area contributed by atoms with Gasteiger partial charge in [0, 0.05) is 24.3 Å².